The summed E-state index contributed by atoms with van der Waals surface area (Å²) in [5.74, 6) is -0.108. The van der Waals surface area contributed by atoms with Crippen molar-refractivity contribution in [3.63, 3.8) is 0 Å². The smallest absolute Gasteiger partial charge is 0.303 e. The van der Waals surface area contributed by atoms with Gasteiger partial charge in [0.1, 0.15) is 29.6 Å². The molecule has 1 N–H and O–H groups in total. The van der Waals surface area contributed by atoms with Crippen molar-refractivity contribution in [1.29, 1.82) is 0 Å². The molecule has 0 aliphatic heterocycles. The second kappa shape index (κ2) is 12.7. The highest BCUT2D eigenvalue weighted by Gasteiger charge is 2.19. The summed E-state index contributed by atoms with van der Waals surface area (Å²) in [4.78, 5) is 10.9. The van der Waals surface area contributed by atoms with Crippen LogP contribution in [-0.4, -0.2) is 28.0 Å². The molecule has 0 aliphatic carbocycles. The molecular weight excluding hydrogens is 471 g/mol. The number of rotatable bonds is 9. The molecule has 3 aromatic carbocycles. The zero-order valence-electron chi connectivity index (χ0n) is 21.9. The van der Waals surface area contributed by atoms with Crippen LogP contribution in [0.4, 0.5) is 4.39 Å². The first-order chi connectivity index (χ1) is 17.8. The molecular formula is C30H33FN2O4. The molecule has 4 rings (SSSR count). The molecule has 0 aliphatic rings. The molecule has 194 valence electrons. The SMILES string of the molecule is CC.COc1ccc(F)c(-n2ncc(COc3cccc(CCC(=O)O)c3)c2-c2cc(C)cc(C)c2)c1. The fourth-order valence-electron chi connectivity index (χ4n) is 4.07. The van der Waals surface area contributed by atoms with E-state index in [1.54, 1.807) is 23.0 Å². The van der Waals surface area contributed by atoms with Gasteiger partial charge >= 0.3 is 5.97 Å². The van der Waals surface area contributed by atoms with Crippen molar-refractivity contribution in [3.05, 3.63) is 94.9 Å². The number of aryl methyl sites for hydroxylation is 3. The highest BCUT2D eigenvalue weighted by atomic mass is 19.1. The van der Waals surface area contributed by atoms with Crippen LogP contribution < -0.4 is 9.47 Å². The van der Waals surface area contributed by atoms with Crippen LogP contribution in [0.3, 0.4) is 0 Å². The average Bonchev–Trinajstić information content (AvgIpc) is 3.31. The number of aromatic nitrogens is 2. The molecule has 1 heterocycles. The van der Waals surface area contributed by atoms with Gasteiger partial charge in [-0.15, -0.1) is 0 Å². The lowest BCUT2D eigenvalue weighted by molar-refractivity contribution is -0.136. The molecule has 0 fully saturated rings. The van der Waals surface area contributed by atoms with Crippen LogP contribution in [0.2, 0.25) is 0 Å². The van der Waals surface area contributed by atoms with Gasteiger partial charge < -0.3 is 14.6 Å². The third kappa shape index (κ3) is 6.97. The van der Waals surface area contributed by atoms with E-state index in [4.69, 9.17) is 14.6 Å². The zero-order chi connectivity index (χ0) is 26.9. The lowest BCUT2D eigenvalue weighted by atomic mass is 10.0. The van der Waals surface area contributed by atoms with Crippen LogP contribution in [0.5, 0.6) is 11.5 Å². The fourth-order valence-corrected chi connectivity index (χ4v) is 4.07. The highest BCUT2D eigenvalue weighted by molar-refractivity contribution is 5.68. The maximum Gasteiger partial charge on any atom is 0.303 e. The maximum absolute atomic E-state index is 14.9. The number of carbonyl (C=O) groups is 1. The molecule has 37 heavy (non-hydrogen) atoms. The molecule has 1 aromatic heterocycles. The molecule has 0 atom stereocenters. The van der Waals surface area contributed by atoms with E-state index in [1.807, 2.05) is 64.1 Å². The number of benzene rings is 3. The lowest BCUT2D eigenvalue weighted by Gasteiger charge is -2.14. The third-order valence-electron chi connectivity index (χ3n) is 5.64. The Bertz CT molecular complexity index is 1340. The largest absolute Gasteiger partial charge is 0.497 e. The predicted molar refractivity (Wildman–Crippen MR) is 143 cm³/mol. The van der Waals surface area contributed by atoms with Crippen LogP contribution >= 0.6 is 0 Å². The average molecular weight is 505 g/mol. The number of nitrogens with zero attached hydrogens (tertiary/aromatic N) is 2. The van der Waals surface area contributed by atoms with Crippen molar-refractivity contribution >= 4 is 5.97 Å². The van der Waals surface area contributed by atoms with Crippen molar-refractivity contribution in [2.45, 2.75) is 47.1 Å². The summed E-state index contributed by atoms with van der Waals surface area (Å²) in [6, 6.07) is 18.1. The van der Waals surface area contributed by atoms with Crippen LogP contribution in [0.1, 0.15) is 42.5 Å². The van der Waals surface area contributed by atoms with Gasteiger partial charge in [-0.05, 0) is 62.2 Å². The third-order valence-corrected chi connectivity index (χ3v) is 5.64. The molecule has 0 saturated carbocycles. The van der Waals surface area contributed by atoms with E-state index in [1.165, 1.54) is 13.2 Å². The van der Waals surface area contributed by atoms with Crippen molar-refractivity contribution in [2.75, 3.05) is 7.11 Å². The molecule has 0 unspecified atom stereocenters. The van der Waals surface area contributed by atoms with Gasteiger partial charge in [0.15, 0.2) is 0 Å². The van der Waals surface area contributed by atoms with Gasteiger partial charge in [-0.2, -0.15) is 5.10 Å². The minimum Gasteiger partial charge on any atom is -0.497 e. The van der Waals surface area contributed by atoms with E-state index in [2.05, 4.69) is 11.2 Å². The Morgan fingerprint density at radius 3 is 2.41 bits per heavy atom. The van der Waals surface area contributed by atoms with Gasteiger partial charge in [0.2, 0.25) is 0 Å². The standard InChI is InChI=1S/C28H27FN2O4.C2H6/c1-18-11-19(2)13-21(12-18)28-22(16-30-31(28)26-15-23(34-3)8-9-25(26)29)17-35-24-6-4-5-20(14-24)7-10-27(32)33;1-2/h4-6,8-9,11-16H,7,10,17H2,1-3H3,(H,32,33);1-2H3. The van der Waals surface area contributed by atoms with Crippen LogP contribution in [0.15, 0.2) is 66.9 Å². The Morgan fingerprint density at radius 1 is 1.00 bits per heavy atom. The van der Waals surface area contributed by atoms with Crippen molar-refractivity contribution in [2.24, 2.45) is 0 Å². The van der Waals surface area contributed by atoms with Crippen LogP contribution in [0, 0.1) is 19.7 Å². The topological polar surface area (TPSA) is 73.6 Å². The Labute approximate surface area is 217 Å². The lowest BCUT2D eigenvalue weighted by Crippen LogP contribution is -2.05. The maximum atomic E-state index is 14.9. The van der Waals surface area contributed by atoms with Gasteiger partial charge in [-0.1, -0.05) is 43.2 Å². The first-order valence-electron chi connectivity index (χ1n) is 12.3. The Kier molecular flexibility index (Phi) is 9.44. The molecule has 6 nitrogen and oxygen atoms in total. The Balaban J connectivity index is 0.00000186. The quantitative estimate of drug-likeness (QED) is 0.268. The second-order valence-corrected chi connectivity index (χ2v) is 8.45. The number of halogens is 1. The van der Waals surface area contributed by atoms with Crippen LogP contribution in [-0.2, 0) is 17.8 Å². The number of ether oxygens (including phenoxy) is 2. The Hall–Kier alpha value is -4.13. The van der Waals surface area contributed by atoms with Crippen LogP contribution in [0.25, 0.3) is 16.9 Å². The van der Waals surface area contributed by atoms with E-state index in [-0.39, 0.29) is 18.7 Å². The minimum absolute atomic E-state index is 0.0547. The van der Waals surface area contributed by atoms with Gasteiger partial charge in [0.05, 0.1) is 19.0 Å². The van der Waals surface area contributed by atoms with Gasteiger partial charge in [-0.3, -0.25) is 4.79 Å². The van der Waals surface area contributed by atoms with E-state index < -0.39 is 11.8 Å². The summed E-state index contributed by atoms with van der Waals surface area (Å²) in [5, 5.41) is 13.5. The second-order valence-electron chi connectivity index (χ2n) is 8.45. The number of hydrogen-bond acceptors (Lipinski definition) is 4. The van der Waals surface area contributed by atoms with Gasteiger partial charge in [-0.25, -0.2) is 9.07 Å². The predicted octanol–water partition coefficient (Wildman–Crippen LogP) is 6.93. The van der Waals surface area contributed by atoms with E-state index in [9.17, 15) is 9.18 Å². The normalized spacial score (nSPS) is 10.4. The zero-order valence-corrected chi connectivity index (χ0v) is 21.9. The summed E-state index contributed by atoms with van der Waals surface area (Å²) in [7, 11) is 1.54. The number of aliphatic carboxylic acids is 1. The molecule has 0 bridgehead atoms. The molecule has 0 radical (unpaired) electrons. The van der Waals surface area contributed by atoms with Crippen molar-refractivity contribution in [3.8, 4) is 28.4 Å². The summed E-state index contributed by atoms with van der Waals surface area (Å²) in [5.41, 5.74) is 5.73. The van der Waals surface area contributed by atoms with E-state index in [0.29, 0.717) is 17.9 Å². The molecule has 0 spiro atoms. The highest BCUT2D eigenvalue weighted by Crippen LogP contribution is 2.31. The van der Waals surface area contributed by atoms with Crippen molar-refractivity contribution < 1.29 is 23.8 Å². The number of carboxylic acid groups (broad SMARTS) is 1. The number of hydrogen-bond donors (Lipinski definition) is 1. The molecule has 7 heteroatoms. The number of methoxy groups -OCH3 is 1. The first kappa shape index (κ1) is 27.5. The van der Waals surface area contributed by atoms with Gasteiger partial charge in [0, 0.05) is 23.6 Å². The fraction of sp³-hybridized carbons (Fsp3) is 0.267. The van der Waals surface area contributed by atoms with E-state index >= 15 is 0 Å². The molecule has 0 amide bonds. The summed E-state index contributed by atoms with van der Waals surface area (Å²) < 4.78 is 27.8. The molecule has 4 aromatic rings. The number of carboxylic acids is 1. The Morgan fingerprint density at radius 2 is 1.73 bits per heavy atom. The van der Waals surface area contributed by atoms with E-state index in [0.717, 1.165) is 33.5 Å². The summed E-state index contributed by atoms with van der Waals surface area (Å²) in [6.45, 7) is 8.24. The summed E-state index contributed by atoms with van der Waals surface area (Å²) >= 11 is 0. The first-order valence-corrected chi connectivity index (χ1v) is 12.3. The van der Waals surface area contributed by atoms with Crippen molar-refractivity contribution in [1.82, 2.24) is 9.78 Å². The minimum atomic E-state index is -0.841. The monoisotopic (exact) mass is 504 g/mol. The summed E-state index contributed by atoms with van der Waals surface area (Å²) in [6.07, 6.45) is 2.16. The van der Waals surface area contributed by atoms with Gasteiger partial charge in [0.25, 0.3) is 0 Å². The molecule has 0 saturated heterocycles.